The summed E-state index contributed by atoms with van der Waals surface area (Å²) in [5, 5.41) is 25.1. The number of aryl methyl sites for hydroxylation is 2. The van der Waals surface area contributed by atoms with Gasteiger partial charge >= 0.3 is 0 Å². The highest BCUT2D eigenvalue weighted by molar-refractivity contribution is 9.10. The fourth-order valence-electron chi connectivity index (χ4n) is 3.92. The second kappa shape index (κ2) is 8.33. The number of nitro groups is 1. The Kier molecular flexibility index (Phi) is 5.70. The molecule has 0 saturated carbocycles. The molecule has 32 heavy (non-hydrogen) atoms. The highest BCUT2D eigenvalue weighted by Gasteiger charge is 2.35. The molecule has 3 aromatic carbocycles. The number of nitro benzene ring substituents is 1. The van der Waals surface area contributed by atoms with E-state index in [-0.39, 0.29) is 36.5 Å². The summed E-state index contributed by atoms with van der Waals surface area (Å²) < 4.78 is 0.734. The Bertz CT molecular complexity index is 1300. The van der Waals surface area contributed by atoms with Crippen LogP contribution in [0, 0.1) is 24.0 Å². The molecule has 0 aromatic heterocycles. The monoisotopic (exact) mass is 497 g/mol. The minimum absolute atomic E-state index is 0.0351. The number of imide groups is 1. The van der Waals surface area contributed by atoms with E-state index in [2.05, 4.69) is 21.2 Å². The Labute approximate surface area is 192 Å². The maximum absolute atomic E-state index is 13.1. The Morgan fingerprint density at radius 3 is 2.47 bits per heavy atom. The van der Waals surface area contributed by atoms with Crippen molar-refractivity contribution in [2.75, 3.05) is 18.5 Å². The lowest BCUT2D eigenvalue weighted by Crippen LogP contribution is -2.41. The molecule has 1 aliphatic rings. The SMILES string of the molecule is Cc1cc(Br)c(Nc2c([N+](=O)[O-])cc3c4c(cccc24)C(=O)N(CCCO)C3=O)cc1C. The van der Waals surface area contributed by atoms with Crippen molar-refractivity contribution in [1.29, 1.82) is 0 Å². The molecule has 0 aliphatic carbocycles. The molecule has 0 fully saturated rings. The van der Waals surface area contributed by atoms with Gasteiger partial charge in [0.25, 0.3) is 17.5 Å². The molecule has 2 N–H and O–H groups in total. The van der Waals surface area contributed by atoms with Crippen LogP contribution in [0.3, 0.4) is 0 Å². The van der Waals surface area contributed by atoms with Gasteiger partial charge in [0.05, 0.1) is 16.2 Å². The topological polar surface area (TPSA) is 113 Å². The molecule has 3 aromatic rings. The quantitative estimate of drug-likeness (QED) is 0.286. The summed E-state index contributed by atoms with van der Waals surface area (Å²) in [4.78, 5) is 38.6. The fourth-order valence-corrected chi connectivity index (χ4v) is 4.48. The normalized spacial score (nSPS) is 13.1. The molecule has 164 valence electrons. The third kappa shape index (κ3) is 3.53. The summed E-state index contributed by atoms with van der Waals surface area (Å²) >= 11 is 3.50. The molecule has 0 bridgehead atoms. The number of nitrogens with zero attached hydrogens (tertiary/aromatic N) is 2. The van der Waals surface area contributed by atoms with Crippen LogP contribution < -0.4 is 5.32 Å². The van der Waals surface area contributed by atoms with E-state index in [1.54, 1.807) is 18.2 Å². The lowest BCUT2D eigenvalue weighted by Gasteiger charge is -2.27. The number of hydrogen-bond acceptors (Lipinski definition) is 6. The average molecular weight is 498 g/mol. The van der Waals surface area contributed by atoms with Crippen LogP contribution in [-0.4, -0.2) is 39.9 Å². The van der Waals surface area contributed by atoms with Crippen LogP contribution in [0.1, 0.15) is 38.3 Å². The molecule has 1 aliphatic heterocycles. The third-order valence-electron chi connectivity index (χ3n) is 5.67. The van der Waals surface area contributed by atoms with Gasteiger partial charge in [0, 0.05) is 40.0 Å². The van der Waals surface area contributed by atoms with Gasteiger partial charge in [-0.1, -0.05) is 12.1 Å². The molecular formula is C23H20BrN3O5. The molecule has 2 amide bonds. The average Bonchev–Trinajstić information content (AvgIpc) is 2.76. The second-order valence-electron chi connectivity index (χ2n) is 7.68. The van der Waals surface area contributed by atoms with Gasteiger partial charge < -0.3 is 10.4 Å². The lowest BCUT2D eigenvalue weighted by atomic mass is 9.92. The standard InChI is InChI=1S/C23H20BrN3O5/c1-12-9-17(24)18(10-13(12)2)25-21-14-5-3-6-15-20(14)16(11-19(21)27(31)32)23(30)26(22(15)29)7-4-8-28/h3,5-6,9-11,25,28H,4,7-8H2,1-2H3. The van der Waals surface area contributed by atoms with Gasteiger partial charge in [0.1, 0.15) is 5.69 Å². The van der Waals surface area contributed by atoms with Gasteiger partial charge in [-0.2, -0.15) is 0 Å². The van der Waals surface area contributed by atoms with Crippen molar-refractivity contribution in [2.45, 2.75) is 20.3 Å². The first kappa shape index (κ1) is 21.9. The van der Waals surface area contributed by atoms with E-state index in [0.717, 1.165) is 20.5 Å². The maximum atomic E-state index is 13.1. The summed E-state index contributed by atoms with van der Waals surface area (Å²) in [6.07, 6.45) is 0.228. The fraction of sp³-hybridized carbons (Fsp3) is 0.217. The van der Waals surface area contributed by atoms with Crippen LogP contribution in [0.15, 0.2) is 40.9 Å². The van der Waals surface area contributed by atoms with Gasteiger partial charge in [-0.05, 0) is 65.5 Å². The molecule has 9 heteroatoms. The highest BCUT2D eigenvalue weighted by Crippen LogP contribution is 2.42. The van der Waals surface area contributed by atoms with E-state index in [1.807, 2.05) is 26.0 Å². The first-order valence-corrected chi connectivity index (χ1v) is 10.8. The third-order valence-corrected chi connectivity index (χ3v) is 6.33. The predicted octanol–water partition coefficient (Wildman–Crippen LogP) is 4.85. The van der Waals surface area contributed by atoms with Crippen LogP contribution >= 0.6 is 15.9 Å². The molecular weight excluding hydrogens is 478 g/mol. The Hall–Kier alpha value is -3.30. The number of nitrogens with one attached hydrogen (secondary N) is 1. The van der Waals surface area contributed by atoms with E-state index in [9.17, 15) is 19.7 Å². The van der Waals surface area contributed by atoms with E-state index in [0.29, 0.717) is 22.0 Å². The van der Waals surface area contributed by atoms with Crippen molar-refractivity contribution in [1.82, 2.24) is 4.90 Å². The molecule has 0 radical (unpaired) electrons. The number of benzene rings is 3. The zero-order valence-corrected chi connectivity index (χ0v) is 19.0. The zero-order valence-electron chi connectivity index (χ0n) is 17.4. The summed E-state index contributed by atoms with van der Waals surface area (Å²) in [6.45, 7) is 3.77. The Balaban J connectivity index is 1.96. The first-order chi connectivity index (χ1) is 15.2. The van der Waals surface area contributed by atoms with Crippen LogP contribution in [0.4, 0.5) is 17.1 Å². The van der Waals surface area contributed by atoms with Gasteiger partial charge in [-0.25, -0.2) is 0 Å². The molecule has 4 rings (SSSR count). The van der Waals surface area contributed by atoms with Gasteiger partial charge in [-0.3, -0.25) is 24.6 Å². The van der Waals surface area contributed by atoms with Gasteiger partial charge in [0.2, 0.25) is 0 Å². The number of rotatable bonds is 6. The van der Waals surface area contributed by atoms with E-state index >= 15 is 0 Å². The van der Waals surface area contributed by atoms with Crippen molar-refractivity contribution >= 4 is 55.6 Å². The molecule has 1 heterocycles. The van der Waals surface area contributed by atoms with E-state index < -0.39 is 16.7 Å². The molecule has 0 unspecified atom stereocenters. The lowest BCUT2D eigenvalue weighted by molar-refractivity contribution is -0.383. The van der Waals surface area contributed by atoms with Gasteiger partial charge in [0.15, 0.2) is 0 Å². The van der Waals surface area contributed by atoms with Crippen LogP contribution in [0.2, 0.25) is 0 Å². The number of hydrogen-bond donors (Lipinski definition) is 2. The summed E-state index contributed by atoms with van der Waals surface area (Å²) in [6, 6.07) is 9.93. The molecule has 0 saturated heterocycles. The van der Waals surface area contributed by atoms with Crippen LogP contribution in [0.5, 0.6) is 0 Å². The number of carbonyl (C=O) groups is 2. The highest BCUT2D eigenvalue weighted by atomic mass is 79.9. The number of aliphatic hydroxyl groups is 1. The molecule has 0 atom stereocenters. The number of aliphatic hydroxyl groups excluding tert-OH is 1. The van der Waals surface area contributed by atoms with Crippen molar-refractivity contribution in [3.8, 4) is 0 Å². The van der Waals surface area contributed by atoms with Crippen LogP contribution in [-0.2, 0) is 0 Å². The van der Waals surface area contributed by atoms with Crippen molar-refractivity contribution in [3.63, 3.8) is 0 Å². The first-order valence-electron chi connectivity index (χ1n) is 9.99. The minimum atomic E-state index is -0.603. The molecule has 8 nitrogen and oxygen atoms in total. The summed E-state index contributed by atoms with van der Waals surface area (Å²) in [5.41, 5.74) is 3.05. The zero-order chi connectivity index (χ0) is 23.2. The Morgan fingerprint density at radius 1 is 1.09 bits per heavy atom. The number of carbonyl (C=O) groups excluding carboxylic acids is 2. The van der Waals surface area contributed by atoms with Crippen molar-refractivity contribution in [3.05, 3.63) is 73.2 Å². The van der Waals surface area contributed by atoms with E-state index in [4.69, 9.17) is 5.11 Å². The summed E-state index contributed by atoms with van der Waals surface area (Å²) in [5.74, 6) is -1.08. The predicted molar refractivity (Wildman–Crippen MR) is 125 cm³/mol. The molecule has 0 spiro atoms. The maximum Gasteiger partial charge on any atom is 0.294 e. The van der Waals surface area contributed by atoms with Gasteiger partial charge in [-0.15, -0.1) is 0 Å². The largest absolute Gasteiger partial charge is 0.396 e. The van der Waals surface area contributed by atoms with Crippen molar-refractivity contribution < 1.29 is 19.6 Å². The number of amides is 2. The van der Waals surface area contributed by atoms with E-state index in [1.165, 1.54) is 6.07 Å². The smallest absolute Gasteiger partial charge is 0.294 e. The Morgan fingerprint density at radius 2 is 1.78 bits per heavy atom. The number of anilines is 2. The second-order valence-corrected chi connectivity index (χ2v) is 8.54. The minimum Gasteiger partial charge on any atom is -0.396 e. The van der Waals surface area contributed by atoms with Crippen molar-refractivity contribution in [2.24, 2.45) is 0 Å². The summed E-state index contributed by atoms with van der Waals surface area (Å²) in [7, 11) is 0. The van der Waals surface area contributed by atoms with Crippen LogP contribution in [0.25, 0.3) is 10.8 Å². The number of halogens is 1.